The van der Waals surface area contributed by atoms with E-state index in [1.54, 1.807) is 20.8 Å². The molecule has 1 saturated heterocycles. The average Bonchev–Trinajstić information content (AvgIpc) is 3.00. The summed E-state index contributed by atoms with van der Waals surface area (Å²) in [6.45, 7) is 5.72. The van der Waals surface area contributed by atoms with Gasteiger partial charge in [-0.05, 0) is 36.5 Å². The zero-order valence-electron chi connectivity index (χ0n) is 15.0. The molecule has 0 saturated carbocycles. The van der Waals surface area contributed by atoms with Crippen molar-refractivity contribution in [1.82, 2.24) is 10.2 Å². The minimum atomic E-state index is -1.04. The van der Waals surface area contributed by atoms with Crippen LogP contribution in [0.2, 0.25) is 5.02 Å². The predicted molar refractivity (Wildman–Crippen MR) is 96.2 cm³/mol. The normalized spacial score (nSPS) is 18.5. The van der Waals surface area contributed by atoms with Gasteiger partial charge in [0.25, 0.3) is 5.91 Å². The number of benzene rings is 1. The summed E-state index contributed by atoms with van der Waals surface area (Å²) in [5.41, 5.74) is -0.510. The molecule has 8 heteroatoms. The SMILES string of the molecule is CC(C)(C)[C@H](NC(=O)c1ccc(O)cc1Cl)C(=O)N1CCC[C@H]1C(=O)O. The van der Waals surface area contributed by atoms with Crippen molar-refractivity contribution >= 4 is 29.4 Å². The number of halogens is 1. The fraction of sp³-hybridized carbons (Fsp3) is 0.500. The number of hydrogen-bond donors (Lipinski definition) is 3. The van der Waals surface area contributed by atoms with E-state index in [4.69, 9.17) is 11.6 Å². The number of carbonyl (C=O) groups excluding carboxylic acids is 2. The highest BCUT2D eigenvalue weighted by Crippen LogP contribution is 2.27. The van der Waals surface area contributed by atoms with Crippen LogP contribution in [-0.4, -0.2) is 51.5 Å². The van der Waals surface area contributed by atoms with Crippen LogP contribution >= 0.6 is 11.6 Å². The number of nitrogens with one attached hydrogen (secondary N) is 1. The maximum atomic E-state index is 13.0. The van der Waals surface area contributed by atoms with Crippen LogP contribution in [0.25, 0.3) is 0 Å². The number of aromatic hydroxyl groups is 1. The third-order valence-corrected chi connectivity index (χ3v) is 4.72. The molecular weight excluding hydrogens is 360 g/mol. The summed E-state index contributed by atoms with van der Waals surface area (Å²) in [4.78, 5) is 38.3. The van der Waals surface area contributed by atoms with Gasteiger partial charge in [-0.25, -0.2) is 4.79 Å². The molecule has 26 heavy (non-hydrogen) atoms. The fourth-order valence-electron chi connectivity index (χ4n) is 3.00. The van der Waals surface area contributed by atoms with Gasteiger partial charge in [0.2, 0.25) is 5.91 Å². The first kappa shape index (κ1) is 20.0. The molecule has 1 fully saturated rings. The highest BCUT2D eigenvalue weighted by atomic mass is 35.5. The van der Waals surface area contributed by atoms with Crippen molar-refractivity contribution in [3.8, 4) is 5.75 Å². The van der Waals surface area contributed by atoms with Gasteiger partial charge in [-0.15, -0.1) is 0 Å². The van der Waals surface area contributed by atoms with Crippen LogP contribution in [0.3, 0.4) is 0 Å². The van der Waals surface area contributed by atoms with Crippen molar-refractivity contribution in [3.63, 3.8) is 0 Å². The lowest BCUT2D eigenvalue weighted by molar-refractivity contribution is -0.150. The Labute approximate surface area is 156 Å². The second kappa shape index (κ2) is 7.53. The molecule has 0 unspecified atom stereocenters. The molecule has 0 spiro atoms. The second-order valence-electron chi connectivity index (χ2n) is 7.46. The Morgan fingerprint density at radius 2 is 1.96 bits per heavy atom. The number of carboxylic acids is 1. The van der Waals surface area contributed by atoms with Crippen molar-refractivity contribution in [2.45, 2.75) is 45.7 Å². The number of hydrogen-bond acceptors (Lipinski definition) is 4. The van der Waals surface area contributed by atoms with E-state index in [2.05, 4.69) is 5.32 Å². The van der Waals surface area contributed by atoms with Crippen molar-refractivity contribution < 1.29 is 24.6 Å². The van der Waals surface area contributed by atoms with E-state index in [-0.39, 0.29) is 16.3 Å². The Hall–Kier alpha value is -2.28. The molecule has 1 aromatic carbocycles. The molecule has 2 amide bonds. The van der Waals surface area contributed by atoms with Crippen LogP contribution in [-0.2, 0) is 9.59 Å². The predicted octanol–water partition coefficient (Wildman–Crippen LogP) is 2.27. The number of phenols is 1. The number of amides is 2. The number of phenolic OH excluding ortho intramolecular Hbond substituents is 1. The van der Waals surface area contributed by atoms with Crippen LogP contribution in [0.5, 0.6) is 5.75 Å². The first-order valence-corrected chi connectivity index (χ1v) is 8.73. The van der Waals surface area contributed by atoms with Crippen LogP contribution in [0.1, 0.15) is 44.0 Å². The molecule has 0 aromatic heterocycles. The van der Waals surface area contributed by atoms with E-state index in [1.807, 2.05) is 0 Å². The average molecular weight is 383 g/mol. The molecule has 0 bridgehead atoms. The Morgan fingerprint density at radius 3 is 2.50 bits per heavy atom. The first-order chi connectivity index (χ1) is 12.0. The summed E-state index contributed by atoms with van der Waals surface area (Å²) in [5, 5.41) is 21.5. The summed E-state index contributed by atoms with van der Waals surface area (Å²) >= 11 is 6.00. The molecule has 2 atom stereocenters. The molecule has 7 nitrogen and oxygen atoms in total. The molecule has 1 aliphatic rings. The maximum absolute atomic E-state index is 13.0. The summed E-state index contributed by atoms with van der Waals surface area (Å²) < 4.78 is 0. The van der Waals surface area contributed by atoms with Crippen LogP contribution in [0.4, 0.5) is 0 Å². The Morgan fingerprint density at radius 1 is 1.31 bits per heavy atom. The van der Waals surface area contributed by atoms with E-state index >= 15 is 0 Å². The zero-order valence-corrected chi connectivity index (χ0v) is 15.7. The first-order valence-electron chi connectivity index (χ1n) is 8.35. The van der Waals surface area contributed by atoms with Gasteiger partial charge in [0.1, 0.15) is 17.8 Å². The van der Waals surface area contributed by atoms with Gasteiger partial charge in [-0.2, -0.15) is 0 Å². The minimum Gasteiger partial charge on any atom is -0.508 e. The number of carboxylic acid groups (broad SMARTS) is 1. The lowest BCUT2D eigenvalue weighted by atomic mass is 9.85. The molecule has 2 rings (SSSR count). The fourth-order valence-corrected chi connectivity index (χ4v) is 3.26. The summed E-state index contributed by atoms with van der Waals surface area (Å²) in [6.07, 6.45) is 1.01. The van der Waals surface area contributed by atoms with Crippen molar-refractivity contribution in [3.05, 3.63) is 28.8 Å². The Bertz CT molecular complexity index is 729. The lowest BCUT2D eigenvalue weighted by Crippen LogP contribution is -2.56. The molecular formula is C18H23ClN2O5. The molecule has 142 valence electrons. The molecule has 1 heterocycles. The summed E-state index contributed by atoms with van der Waals surface area (Å²) in [5.74, 6) is -2.10. The number of rotatable bonds is 4. The van der Waals surface area contributed by atoms with Crippen LogP contribution < -0.4 is 5.32 Å². The van der Waals surface area contributed by atoms with Crippen molar-refractivity contribution in [2.75, 3.05) is 6.54 Å². The monoisotopic (exact) mass is 382 g/mol. The minimum absolute atomic E-state index is 0.0622. The highest BCUT2D eigenvalue weighted by molar-refractivity contribution is 6.34. The van der Waals surface area contributed by atoms with Gasteiger partial charge in [0.05, 0.1) is 10.6 Å². The van der Waals surface area contributed by atoms with Gasteiger partial charge in [0, 0.05) is 6.54 Å². The third kappa shape index (κ3) is 4.27. The smallest absolute Gasteiger partial charge is 0.326 e. The van der Waals surface area contributed by atoms with E-state index in [1.165, 1.54) is 23.1 Å². The van der Waals surface area contributed by atoms with Gasteiger partial charge >= 0.3 is 5.97 Å². The summed E-state index contributed by atoms with van der Waals surface area (Å²) in [6, 6.07) is 2.15. The molecule has 1 aliphatic heterocycles. The van der Waals surface area contributed by atoms with Gasteiger partial charge < -0.3 is 20.4 Å². The number of likely N-dealkylation sites (tertiary alicyclic amines) is 1. The van der Waals surface area contributed by atoms with Crippen LogP contribution in [0, 0.1) is 5.41 Å². The molecule has 0 radical (unpaired) electrons. The van der Waals surface area contributed by atoms with Gasteiger partial charge in [-0.1, -0.05) is 32.4 Å². The Balaban J connectivity index is 2.26. The number of aliphatic carboxylic acids is 1. The van der Waals surface area contributed by atoms with Gasteiger partial charge in [-0.3, -0.25) is 9.59 Å². The molecule has 0 aliphatic carbocycles. The Kier molecular flexibility index (Phi) is 5.81. The largest absolute Gasteiger partial charge is 0.508 e. The van der Waals surface area contributed by atoms with Crippen molar-refractivity contribution in [2.24, 2.45) is 5.41 Å². The zero-order chi connectivity index (χ0) is 19.6. The summed E-state index contributed by atoms with van der Waals surface area (Å²) in [7, 11) is 0. The van der Waals surface area contributed by atoms with E-state index < -0.39 is 35.3 Å². The maximum Gasteiger partial charge on any atom is 0.326 e. The molecule has 1 aromatic rings. The van der Waals surface area contributed by atoms with E-state index in [0.717, 1.165) is 0 Å². The lowest BCUT2D eigenvalue weighted by Gasteiger charge is -2.35. The standard InChI is InChI=1S/C18H23ClN2O5/c1-18(2,3)14(16(24)21-8-4-5-13(21)17(25)26)20-15(23)11-7-6-10(22)9-12(11)19/h6-7,9,13-14,22H,4-5,8H2,1-3H3,(H,20,23)(H,25,26)/t13-,14+/m0/s1. The van der Waals surface area contributed by atoms with Gasteiger partial charge in [0.15, 0.2) is 0 Å². The number of carbonyl (C=O) groups is 3. The van der Waals surface area contributed by atoms with E-state index in [9.17, 15) is 24.6 Å². The molecule has 3 N–H and O–H groups in total. The van der Waals surface area contributed by atoms with E-state index in [0.29, 0.717) is 19.4 Å². The third-order valence-electron chi connectivity index (χ3n) is 4.41. The van der Waals surface area contributed by atoms with Crippen LogP contribution in [0.15, 0.2) is 18.2 Å². The topological polar surface area (TPSA) is 107 Å². The highest BCUT2D eigenvalue weighted by Gasteiger charge is 2.42. The van der Waals surface area contributed by atoms with Crippen molar-refractivity contribution in [1.29, 1.82) is 0 Å². The number of nitrogens with zero attached hydrogens (tertiary/aromatic N) is 1. The quantitative estimate of drug-likeness (QED) is 0.740. The second-order valence-corrected chi connectivity index (χ2v) is 7.87.